The molecule has 4 rings (SSSR count). The van der Waals surface area contributed by atoms with E-state index in [2.05, 4.69) is 25.2 Å². The van der Waals surface area contributed by atoms with E-state index in [1.54, 1.807) is 11.8 Å². The lowest BCUT2D eigenvalue weighted by Gasteiger charge is -2.21. The molecule has 0 aromatic carbocycles. The SMILES string of the molecule is Cc1nc2ncc(C(=O)N3CCCC3c3nc(C(C)C)no3)c(=O)n2[nH]1. The number of carbonyl (C=O) groups is 1. The molecule has 0 bridgehead atoms. The summed E-state index contributed by atoms with van der Waals surface area (Å²) in [6.45, 7) is 6.18. The minimum atomic E-state index is -0.473. The molecule has 0 saturated carbocycles. The molecule has 10 heteroatoms. The van der Waals surface area contributed by atoms with Crippen LogP contribution < -0.4 is 5.56 Å². The van der Waals surface area contributed by atoms with Crippen LogP contribution in [-0.4, -0.2) is 47.1 Å². The molecule has 1 saturated heterocycles. The van der Waals surface area contributed by atoms with Gasteiger partial charge in [0.05, 0.1) is 0 Å². The fraction of sp³-hybridized carbons (Fsp3) is 0.500. The maximum atomic E-state index is 13.0. The molecule has 1 atom stereocenters. The van der Waals surface area contributed by atoms with Gasteiger partial charge in [-0.1, -0.05) is 19.0 Å². The van der Waals surface area contributed by atoms with Gasteiger partial charge >= 0.3 is 0 Å². The van der Waals surface area contributed by atoms with Crippen molar-refractivity contribution < 1.29 is 9.32 Å². The molecule has 1 aliphatic heterocycles. The Hall–Kier alpha value is -3.04. The van der Waals surface area contributed by atoms with Gasteiger partial charge in [-0.15, -0.1) is 0 Å². The zero-order chi connectivity index (χ0) is 18.4. The lowest BCUT2D eigenvalue weighted by molar-refractivity contribution is 0.0707. The Labute approximate surface area is 148 Å². The summed E-state index contributed by atoms with van der Waals surface area (Å²) in [7, 11) is 0. The van der Waals surface area contributed by atoms with E-state index in [9.17, 15) is 9.59 Å². The van der Waals surface area contributed by atoms with Gasteiger partial charge in [0.15, 0.2) is 5.82 Å². The average Bonchev–Trinajstić information content (AvgIpc) is 3.32. The Morgan fingerprint density at radius 1 is 1.38 bits per heavy atom. The number of nitrogens with one attached hydrogen (secondary N) is 1. The van der Waals surface area contributed by atoms with E-state index in [1.807, 2.05) is 13.8 Å². The van der Waals surface area contributed by atoms with Crippen LogP contribution in [0, 0.1) is 6.92 Å². The summed E-state index contributed by atoms with van der Waals surface area (Å²) in [5.74, 6) is 1.54. The fourth-order valence-corrected chi connectivity index (χ4v) is 3.15. The minimum absolute atomic E-state index is 0.0124. The molecule has 1 N–H and O–H groups in total. The number of H-pyrrole nitrogens is 1. The van der Waals surface area contributed by atoms with E-state index in [0.717, 1.165) is 6.42 Å². The summed E-state index contributed by atoms with van der Waals surface area (Å²) in [5, 5.41) is 6.76. The molecule has 0 aliphatic carbocycles. The molecule has 3 aromatic rings. The topological polar surface area (TPSA) is 122 Å². The van der Waals surface area contributed by atoms with Gasteiger partial charge in [-0.25, -0.2) is 4.98 Å². The number of nitrogens with zero attached hydrogens (tertiary/aromatic N) is 6. The molecular weight excluding hydrogens is 338 g/mol. The van der Waals surface area contributed by atoms with Crippen molar-refractivity contribution >= 4 is 11.7 Å². The van der Waals surface area contributed by atoms with Crippen LogP contribution in [0.3, 0.4) is 0 Å². The number of hydrogen-bond acceptors (Lipinski definition) is 7. The van der Waals surface area contributed by atoms with Crippen LogP contribution in [0.1, 0.15) is 66.5 Å². The van der Waals surface area contributed by atoms with Crippen LogP contribution >= 0.6 is 0 Å². The summed E-state index contributed by atoms with van der Waals surface area (Å²) in [5.41, 5.74) is -0.485. The van der Waals surface area contributed by atoms with Crippen LogP contribution in [0.25, 0.3) is 5.78 Å². The molecule has 1 aliphatic rings. The van der Waals surface area contributed by atoms with E-state index in [1.165, 1.54) is 10.7 Å². The van der Waals surface area contributed by atoms with Crippen LogP contribution in [0.5, 0.6) is 0 Å². The summed E-state index contributed by atoms with van der Waals surface area (Å²) < 4.78 is 6.54. The van der Waals surface area contributed by atoms with Crippen molar-refractivity contribution in [2.24, 2.45) is 0 Å². The van der Waals surface area contributed by atoms with Gasteiger partial charge < -0.3 is 9.42 Å². The molecule has 1 unspecified atom stereocenters. The second-order valence-electron chi connectivity index (χ2n) is 6.72. The maximum Gasteiger partial charge on any atom is 0.286 e. The van der Waals surface area contributed by atoms with Crippen molar-refractivity contribution in [1.29, 1.82) is 0 Å². The number of aromatic nitrogens is 6. The van der Waals surface area contributed by atoms with Gasteiger partial charge in [0, 0.05) is 18.7 Å². The molecule has 26 heavy (non-hydrogen) atoms. The molecule has 3 aromatic heterocycles. The monoisotopic (exact) mass is 357 g/mol. The average molecular weight is 357 g/mol. The van der Waals surface area contributed by atoms with Crippen LogP contribution in [0.4, 0.5) is 0 Å². The van der Waals surface area contributed by atoms with Crippen molar-refractivity contribution in [2.45, 2.75) is 45.6 Å². The van der Waals surface area contributed by atoms with E-state index in [0.29, 0.717) is 30.5 Å². The summed E-state index contributed by atoms with van der Waals surface area (Å²) >= 11 is 0. The first-order chi connectivity index (χ1) is 12.5. The van der Waals surface area contributed by atoms with Gasteiger partial charge in [-0.05, 0) is 19.8 Å². The number of aromatic amines is 1. The molecule has 0 spiro atoms. The van der Waals surface area contributed by atoms with Crippen LogP contribution in [0.2, 0.25) is 0 Å². The highest BCUT2D eigenvalue weighted by Crippen LogP contribution is 2.32. The number of likely N-dealkylation sites (tertiary alicyclic amines) is 1. The fourth-order valence-electron chi connectivity index (χ4n) is 3.15. The number of rotatable bonds is 3. The predicted molar refractivity (Wildman–Crippen MR) is 89.7 cm³/mol. The standard InChI is InChI=1S/C16H19N7O3/c1-8(2)12-19-13(26-21-12)11-5-4-6-22(11)14(24)10-7-17-16-18-9(3)20-23(16)15(10)25/h7-8,11H,4-6H2,1-3H3,(H,17,18,20). The van der Waals surface area contributed by atoms with Gasteiger partial charge in [0.25, 0.3) is 17.2 Å². The second kappa shape index (κ2) is 6.04. The molecule has 136 valence electrons. The zero-order valence-corrected chi connectivity index (χ0v) is 14.8. The Bertz CT molecular complexity index is 1030. The highest BCUT2D eigenvalue weighted by molar-refractivity contribution is 5.94. The smallest absolute Gasteiger partial charge is 0.286 e. The largest absolute Gasteiger partial charge is 0.337 e. The number of fused-ring (bicyclic) bond motifs is 1. The first-order valence-corrected chi connectivity index (χ1v) is 8.54. The van der Waals surface area contributed by atoms with Gasteiger partial charge in [-0.2, -0.15) is 14.5 Å². The lowest BCUT2D eigenvalue weighted by atomic mass is 10.2. The van der Waals surface area contributed by atoms with Crippen molar-refractivity contribution in [3.05, 3.63) is 39.7 Å². The predicted octanol–water partition coefficient (Wildman–Crippen LogP) is 1.21. The van der Waals surface area contributed by atoms with E-state index in [4.69, 9.17) is 4.52 Å². The molecule has 10 nitrogen and oxygen atoms in total. The van der Waals surface area contributed by atoms with Gasteiger partial charge in [-0.3, -0.25) is 14.7 Å². The highest BCUT2D eigenvalue weighted by Gasteiger charge is 2.36. The molecule has 4 heterocycles. The first-order valence-electron chi connectivity index (χ1n) is 8.54. The van der Waals surface area contributed by atoms with Crippen molar-refractivity contribution in [3.8, 4) is 0 Å². The molecular formula is C16H19N7O3. The summed E-state index contributed by atoms with van der Waals surface area (Å²) in [6.07, 6.45) is 2.80. The van der Waals surface area contributed by atoms with E-state index >= 15 is 0 Å². The normalized spacial score (nSPS) is 17.5. The van der Waals surface area contributed by atoms with Crippen molar-refractivity contribution in [2.75, 3.05) is 6.54 Å². The Morgan fingerprint density at radius 2 is 2.19 bits per heavy atom. The first kappa shape index (κ1) is 16.4. The third-order valence-corrected chi connectivity index (χ3v) is 4.49. The highest BCUT2D eigenvalue weighted by atomic mass is 16.5. The number of aryl methyl sites for hydroxylation is 1. The number of carbonyl (C=O) groups excluding carboxylic acids is 1. The Kier molecular flexibility index (Phi) is 3.82. The van der Waals surface area contributed by atoms with Gasteiger partial charge in [0.2, 0.25) is 5.89 Å². The Morgan fingerprint density at radius 3 is 2.92 bits per heavy atom. The lowest BCUT2D eigenvalue weighted by Crippen LogP contribution is -2.35. The van der Waals surface area contributed by atoms with Crippen molar-refractivity contribution in [3.63, 3.8) is 0 Å². The van der Waals surface area contributed by atoms with Crippen LogP contribution in [0.15, 0.2) is 15.5 Å². The Balaban J connectivity index is 1.68. The van der Waals surface area contributed by atoms with Crippen molar-refractivity contribution in [1.82, 2.24) is 34.6 Å². The third-order valence-electron chi connectivity index (χ3n) is 4.49. The number of amides is 1. The van der Waals surface area contributed by atoms with E-state index in [-0.39, 0.29) is 23.3 Å². The number of hydrogen-bond donors (Lipinski definition) is 1. The second-order valence-corrected chi connectivity index (χ2v) is 6.72. The zero-order valence-electron chi connectivity index (χ0n) is 14.8. The van der Waals surface area contributed by atoms with Crippen LogP contribution in [-0.2, 0) is 0 Å². The molecule has 1 amide bonds. The minimum Gasteiger partial charge on any atom is -0.337 e. The quantitative estimate of drug-likeness (QED) is 0.747. The van der Waals surface area contributed by atoms with E-state index < -0.39 is 11.5 Å². The molecule has 1 fully saturated rings. The van der Waals surface area contributed by atoms with Gasteiger partial charge in [0.1, 0.15) is 17.4 Å². The summed E-state index contributed by atoms with van der Waals surface area (Å²) in [4.78, 5) is 39.8. The molecule has 0 radical (unpaired) electrons. The maximum absolute atomic E-state index is 13.0. The summed E-state index contributed by atoms with van der Waals surface area (Å²) in [6, 6.07) is -0.328. The third kappa shape index (κ3) is 2.57.